The van der Waals surface area contributed by atoms with Gasteiger partial charge in [0.15, 0.2) is 23.0 Å². The number of benzene rings is 5. The topological polar surface area (TPSA) is 207 Å². The SMILES string of the molecule is COc1cc2c(cc1OCc1cc(COc3cc4c(cc3OC)C(=O)N3c5ccccc5C[C@H]3C=N4)cc(NC(=O)[C@H](C)NC(=O)[C@H](C)NC(=O)CCCCC(C)=O)c1)N=CC1Cc3ccccc3N1C2=O. The fourth-order valence-corrected chi connectivity index (χ4v) is 9.39. The Bertz CT molecular complexity index is 2900. The molecule has 3 N–H and O–H groups in total. The van der Waals surface area contributed by atoms with E-state index < -0.39 is 23.9 Å². The molecule has 17 nitrogen and oxygen atoms in total. The summed E-state index contributed by atoms with van der Waals surface area (Å²) in [6.45, 7) is 4.51. The molecule has 17 heteroatoms. The van der Waals surface area contributed by atoms with Crippen LogP contribution in [0.2, 0.25) is 0 Å². The second kappa shape index (κ2) is 20.9. The van der Waals surface area contributed by atoms with Crippen LogP contribution < -0.4 is 44.7 Å². The Morgan fingerprint density at radius 3 is 1.61 bits per heavy atom. The Hall–Kier alpha value is -8.34. The second-order valence-corrected chi connectivity index (χ2v) is 18.3. The first-order valence-corrected chi connectivity index (χ1v) is 23.9. The molecular weight excluding hydrogens is 919 g/mol. The fraction of sp³-hybridized carbons (Fsp3) is 0.309. The minimum absolute atomic E-state index is 0.0241. The lowest BCUT2D eigenvalue weighted by molar-refractivity contribution is -0.130. The Labute approximate surface area is 416 Å². The molecule has 0 saturated carbocycles. The van der Waals surface area contributed by atoms with Gasteiger partial charge in [-0.3, -0.25) is 43.8 Å². The van der Waals surface area contributed by atoms with Crippen LogP contribution in [0.1, 0.15) is 89.4 Å². The zero-order valence-corrected chi connectivity index (χ0v) is 40.7. The number of nitrogens with zero attached hydrogens (tertiary/aromatic N) is 4. The van der Waals surface area contributed by atoms with Crippen LogP contribution in [0, 0.1) is 0 Å². The van der Waals surface area contributed by atoms with Gasteiger partial charge in [0.25, 0.3) is 11.8 Å². The van der Waals surface area contributed by atoms with Crippen molar-refractivity contribution < 1.29 is 47.7 Å². The first-order valence-electron chi connectivity index (χ1n) is 23.9. The summed E-state index contributed by atoms with van der Waals surface area (Å²) in [6, 6.07) is 25.1. The maximum absolute atomic E-state index is 14.1. The van der Waals surface area contributed by atoms with Gasteiger partial charge in [-0.15, -0.1) is 0 Å². The highest BCUT2D eigenvalue weighted by Gasteiger charge is 2.38. The summed E-state index contributed by atoms with van der Waals surface area (Å²) >= 11 is 0. The largest absolute Gasteiger partial charge is 0.493 e. The van der Waals surface area contributed by atoms with E-state index in [-0.39, 0.29) is 55.2 Å². The van der Waals surface area contributed by atoms with Gasteiger partial charge in [0.2, 0.25) is 17.7 Å². The average Bonchev–Trinajstić information content (AvgIpc) is 3.86. The van der Waals surface area contributed by atoms with Crippen molar-refractivity contribution >= 4 is 76.2 Å². The number of hydrogen-bond acceptors (Lipinski definition) is 12. The number of fused-ring (bicyclic) bond motifs is 8. The van der Waals surface area contributed by atoms with Crippen LogP contribution in [-0.2, 0) is 45.2 Å². The molecule has 0 aromatic heterocycles. The van der Waals surface area contributed by atoms with Crippen molar-refractivity contribution in [2.75, 3.05) is 29.3 Å². The second-order valence-electron chi connectivity index (χ2n) is 18.3. The van der Waals surface area contributed by atoms with Crippen LogP contribution in [0.4, 0.5) is 28.4 Å². The summed E-state index contributed by atoms with van der Waals surface area (Å²) in [7, 11) is 2.98. The number of nitrogens with one attached hydrogen (secondary N) is 3. The van der Waals surface area contributed by atoms with Gasteiger partial charge in [-0.25, -0.2) is 0 Å². The molecule has 5 amide bonds. The minimum Gasteiger partial charge on any atom is -0.493 e. The summed E-state index contributed by atoms with van der Waals surface area (Å²) in [5, 5.41) is 8.22. The van der Waals surface area contributed by atoms with E-state index in [1.54, 1.807) is 58.6 Å². The molecule has 1 unspecified atom stereocenters. The molecule has 0 aliphatic carbocycles. The van der Waals surface area contributed by atoms with E-state index in [1.165, 1.54) is 35.0 Å². The number of ketones is 1. The van der Waals surface area contributed by atoms with Crippen LogP contribution >= 0.6 is 0 Å². The van der Waals surface area contributed by atoms with E-state index in [1.807, 2.05) is 54.6 Å². The number of carbonyl (C=O) groups excluding carboxylic acids is 6. The summed E-state index contributed by atoms with van der Waals surface area (Å²) in [6.07, 6.45) is 6.49. The predicted molar refractivity (Wildman–Crippen MR) is 272 cm³/mol. The van der Waals surface area contributed by atoms with E-state index in [2.05, 4.69) is 16.0 Å². The van der Waals surface area contributed by atoms with Crippen LogP contribution in [0.25, 0.3) is 0 Å². The first kappa shape index (κ1) is 48.7. The van der Waals surface area contributed by atoms with Gasteiger partial charge < -0.3 is 39.7 Å². The number of carbonyl (C=O) groups is 6. The lowest BCUT2D eigenvalue weighted by Crippen LogP contribution is -2.50. The maximum atomic E-state index is 14.1. The highest BCUT2D eigenvalue weighted by atomic mass is 16.5. The fourth-order valence-electron chi connectivity index (χ4n) is 9.39. The van der Waals surface area contributed by atoms with Crippen molar-refractivity contribution in [2.45, 2.75) is 96.7 Å². The molecule has 0 radical (unpaired) electrons. The van der Waals surface area contributed by atoms with Crippen LogP contribution in [0.5, 0.6) is 23.0 Å². The predicted octanol–water partition coefficient (Wildman–Crippen LogP) is 7.53. The third-order valence-corrected chi connectivity index (χ3v) is 13.1. The maximum Gasteiger partial charge on any atom is 0.261 e. The van der Waals surface area contributed by atoms with E-state index >= 15 is 0 Å². The lowest BCUT2D eigenvalue weighted by atomic mass is 10.1. The molecular formula is C55H55N7O10. The van der Waals surface area contributed by atoms with Crippen molar-refractivity contribution in [1.82, 2.24) is 10.6 Å². The van der Waals surface area contributed by atoms with Crippen molar-refractivity contribution in [3.05, 3.63) is 124 Å². The normalized spacial score (nSPS) is 16.6. The number of Topliss-reactive ketones (excluding diaryl/α,β-unsaturated/α-hetero) is 1. The van der Waals surface area contributed by atoms with Gasteiger partial charge >= 0.3 is 0 Å². The molecule has 0 fully saturated rings. The number of aliphatic imine (C=N–C) groups is 2. The average molecular weight is 974 g/mol. The Morgan fingerprint density at radius 1 is 0.625 bits per heavy atom. The standard InChI is InChI=1S/C55H55N7O10/c1-31(63)12-6-11-17-51(64)58-32(2)52(65)59-33(3)53(66)60-38-19-34(29-71-49-25-43-41(23-47(49)69-4)54(67)61-39(27-56-43)21-36-13-7-9-15-45(36)61)18-35(20-38)30-72-50-26-44-42(24-48(50)70-5)55(68)62-40(28-57-44)22-37-14-8-10-16-46(37)62/h7-10,13-16,18-20,23-28,32-33,39-40H,6,11-12,17,21-22,29-30H2,1-5H3,(H,58,64)(H,59,65)(H,60,66)/t32-,33-,39-,40?/m0/s1. The highest BCUT2D eigenvalue weighted by molar-refractivity contribution is 6.16. The van der Waals surface area contributed by atoms with Gasteiger partial charge in [-0.2, -0.15) is 0 Å². The molecule has 370 valence electrons. The Kier molecular flexibility index (Phi) is 14.2. The van der Waals surface area contributed by atoms with Crippen molar-refractivity contribution in [1.29, 1.82) is 0 Å². The summed E-state index contributed by atoms with van der Waals surface area (Å²) in [5.41, 5.74) is 7.01. The molecule has 0 saturated heterocycles. The Morgan fingerprint density at radius 2 is 1.11 bits per heavy atom. The number of anilines is 3. The van der Waals surface area contributed by atoms with Crippen molar-refractivity contribution in [2.24, 2.45) is 9.98 Å². The minimum atomic E-state index is -1.01. The first-order chi connectivity index (χ1) is 34.8. The monoisotopic (exact) mass is 973 g/mol. The molecule has 5 aromatic rings. The zero-order chi connectivity index (χ0) is 50.6. The van der Waals surface area contributed by atoms with Crippen molar-refractivity contribution in [3.8, 4) is 23.0 Å². The number of methoxy groups -OCH3 is 2. The molecule has 4 heterocycles. The molecule has 4 atom stereocenters. The lowest BCUT2D eigenvalue weighted by Gasteiger charge is -2.22. The number of rotatable bonds is 18. The molecule has 72 heavy (non-hydrogen) atoms. The van der Waals surface area contributed by atoms with Gasteiger partial charge in [0.1, 0.15) is 31.1 Å². The molecule has 0 bridgehead atoms. The van der Waals surface area contributed by atoms with Crippen LogP contribution in [0.3, 0.4) is 0 Å². The summed E-state index contributed by atoms with van der Waals surface area (Å²) in [5.74, 6) is -0.471. The summed E-state index contributed by atoms with van der Waals surface area (Å²) in [4.78, 5) is 91.7. The third kappa shape index (κ3) is 10.3. The quantitative estimate of drug-likeness (QED) is 0.0736. The van der Waals surface area contributed by atoms with Gasteiger partial charge in [0, 0.05) is 67.3 Å². The van der Waals surface area contributed by atoms with E-state index in [9.17, 15) is 28.8 Å². The van der Waals surface area contributed by atoms with Gasteiger partial charge in [-0.1, -0.05) is 36.4 Å². The number of amides is 5. The van der Waals surface area contributed by atoms with E-state index in [0.717, 1.165) is 22.5 Å². The van der Waals surface area contributed by atoms with Crippen LogP contribution in [-0.4, -0.2) is 86.1 Å². The number of para-hydroxylation sites is 2. The van der Waals surface area contributed by atoms with Gasteiger partial charge in [0.05, 0.1) is 48.8 Å². The number of hydrogen-bond donors (Lipinski definition) is 3. The molecule has 9 rings (SSSR count). The van der Waals surface area contributed by atoms with E-state index in [0.29, 0.717) is 94.4 Å². The van der Waals surface area contributed by atoms with Crippen LogP contribution in [0.15, 0.2) is 101 Å². The highest BCUT2D eigenvalue weighted by Crippen LogP contribution is 2.43. The molecule has 0 spiro atoms. The smallest absolute Gasteiger partial charge is 0.261 e. The third-order valence-electron chi connectivity index (χ3n) is 13.1. The summed E-state index contributed by atoms with van der Waals surface area (Å²) < 4.78 is 24.3. The van der Waals surface area contributed by atoms with Crippen molar-refractivity contribution in [3.63, 3.8) is 0 Å². The van der Waals surface area contributed by atoms with Gasteiger partial charge in [-0.05, 0) is 98.3 Å². The molecule has 4 aliphatic heterocycles. The zero-order valence-electron chi connectivity index (χ0n) is 40.7. The number of unbranched alkanes of at least 4 members (excludes halogenated alkanes) is 1. The van der Waals surface area contributed by atoms with E-state index in [4.69, 9.17) is 28.9 Å². The molecule has 4 aliphatic rings. The molecule has 5 aromatic carbocycles. The number of ether oxygens (including phenoxy) is 4. The Balaban J connectivity index is 0.942.